The maximum atomic E-state index is 12.2. The van der Waals surface area contributed by atoms with Gasteiger partial charge in [0.05, 0.1) is 5.69 Å². The molecule has 1 aromatic carbocycles. The molecule has 6 heteroatoms. The molecule has 5 nitrogen and oxygen atoms in total. The van der Waals surface area contributed by atoms with Gasteiger partial charge in [0, 0.05) is 30.1 Å². The van der Waals surface area contributed by atoms with E-state index in [2.05, 4.69) is 20.9 Å². The van der Waals surface area contributed by atoms with Crippen LogP contribution in [0.1, 0.15) is 12.1 Å². The number of halogens is 1. The number of fused-ring (bicyclic) bond motifs is 3. The molecular formula is C15H15BrN2O3. The predicted molar refractivity (Wildman–Crippen MR) is 84.7 cm³/mol. The van der Waals surface area contributed by atoms with Crippen molar-refractivity contribution in [3.63, 3.8) is 0 Å². The lowest BCUT2D eigenvalue weighted by molar-refractivity contribution is 0.190. The predicted octanol–water partition coefficient (Wildman–Crippen LogP) is 3.25. The lowest BCUT2D eigenvalue weighted by Gasteiger charge is -2.07. The van der Waals surface area contributed by atoms with E-state index in [1.165, 1.54) is 0 Å². The lowest BCUT2D eigenvalue weighted by Crippen LogP contribution is -2.24. The Hall–Kier alpha value is -1.66. The lowest BCUT2D eigenvalue weighted by atomic mass is 10.2. The number of nitrogens with zero attached hydrogens (tertiary/aromatic N) is 2. The SMILES string of the molecule is COCCCn1c(=O)nc(C)c2oc3ccc(Br)cc3c21. The second kappa shape index (κ2) is 5.61. The summed E-state index contributed by atoms with van der Waals surface area (Å²) in [6.07, 6.45) is 0.747. The highest BCUT2D eigenvalue weighted by atomic mass is 79.9. The van der Waals surface area contributed by atoms with Crippen molar-refractivity contribution in [1.29, 1.82) is 0 Å². The van der Waals surface area contributed by atoms with Crippen LogP contribution in [0.4, 0.5) is 0 Å². The molecule has 0 aliphatic carbocycles. The van der Waals surface area contributed by atoms with Crippen LogP contribution in [0.3, 0.4) is 0 Å². The summed E-state index contributed by atoms with van der Waals surface area (Å²) in [5, 5.41) is 0.916. The standard InChI is InChI=1S/C15H15BrN2O3/c1-9-14-13(11-8-10(16)4-5-12(11)21-14)18(15(19)17-9)6-3-7-20-2/h4-5,8H,3,6-7H2,1-2H3. The van der Waals surface area contributed by atoms with E-state index in [0.717, 1.165) is 27.4 Å². The van der Waals surface area contributed by atoms with Gasteiger partial charge in [-0.1, -0.05) is 15.9 Å². The van der Waals surface area contributed by atoms with Gasteiger partial charge in [0.25, 0.3) is 0 Å². The van der Waals surface area contributed by atoms with Crippen LogP contribution in [0.15, 0.2) is 31.9 Å². The molecule has 0 spiro atoms. The van der Waals surface area contributed by atoms with Crippen molar-refractivity contribution in [3.8, 4) is 0 Å². The second-order valence-electron chi connectivity index (χ2n) is 4.90. The summed E-state index contributed by atoms with van der Waals surface area (Å²) in [6.45, 7) is 2.94. The molecule has 0 fully saturated rings. The van der Waals surface area contributed by atoms with Gasteiger partial charge in [-0.15, -0.1) is 0 Å². The minimum Gasteiger partial charge on any atom is -0.453 e. The van der Waals surface area contributed by atoms with Gasteiger partial charge in [-0.25, -0.2) is 4.79 Å². The van der Waals surface area contributed by atoms with Crippen molar-refractivity contribution in [1.82, 2.24) is 9.55 Å². The molecule has 0 aliphatic rings. The first-order valence-corrected chi connectivity index (χ1v) is 7.49. The Kier molecular flexibility index (Phi) is 3.82. The fourth-order valence-electron chi connectivity index (χ4n) is 2.49. The molecule has 0 amide bonds. The van der Waals surface area contributed by atoms with Crippen LogP contribution in [-0.2, 0) is 11.3 Å². The highest BCUT2D eigenvalue weighted by Crippen LogP contribution is 2.31. The highest BCUT2D eigenvalue weighted by Gasteiger charge is 2.16. The minimum absolute atomic E-state index is 0.251. The van der Waals surface area contributed by atoms with Gasteiger partial charge in [-0.2, -0.15) is 4.98 Å². The molecule has 0 saturated heterocycles. The molecular weight excluding hydrogens is 336 g/mol. The summed E-state index contributed by atoms with van der Waals surface area (Å²) in [5.74, 6) is 0. The molecule has 3 aromatic rings. The number of methoxy groups -OCH3 is 1. The number of ether oxygens (including phenoxy) is 1. The van der Waals surface area contributed by atoms with E-state index < -0.39 is 0 Å². The van der Waals surface area contributed by atoms with Crippen LogP contribution in [0.5, 0.6) is 0 Å². The number of furan rings is 1. The van der Waals surface area contributed by atoms with Crippen molar-refractivity contribution in [2.75, 3.05) is 13.7 Å². The molecule has 2 aromatic heterocycles. The summed E-state index contributed by atoms with van der Waals surface area (Å²) >= 11 is 3.46. The summed E-state index contributed by atoms with van der Waals surface area (Å²) < 4.78 is 13.5. The average Bonchev–Trinajstić information content (AvgIpc) is 2.82. The molecule has 0 radical (unpaired) electrons. The molecule has 110 valence electrons. The van der Waals surface area contributed by atoms with E-state index in [0.29, 0.717) is 24.4 Å². The summed E-state index contributed by atoms with van der Waals surface area (Å²) in [4.78, 5) is 16.3. The van der Waals surface area contributed by atoms with Gasteiger partial charge in [0.1, 0.15) is 11.1 Å². The molecule has 0 bridgehead atoms. The minimum atomic E-state index is -0.251. The van der Waals surface area contributed by atoms with E-state index >= 15 is 0 Å². The van der Waals surface area contributed by atoms with Gasteiger partial charge in [0.15, 0.2) is 5.58 Å². The summed E-state index contributed by atoms with van der Waals surface area (Å²) in [5.41, 5.74) is 2.59. The van der Waals surface area contributed by atoms with Gasteiger partial charge in [0.2, 0.25) is 0 Å². The normalized spacial score (nSPS) is 11.6. The van der Waals surface area contributed by atoms with Gasteiger partial charge in [-0.05, 0) is 31.5 Å². The Labute approximate surface area is 129 Å². The molecule has 2 heterocycles. The number of benzene rings is 1. The van der Waals surface area contributed by atoms with Crippen LogP contribution >= 0.6 is 15.9 Å². The number of aryl methyl sites for hydroxylation is 2. The third-order valence-corrected chi connectivity index (χ3v) is 3.94. The van der Waals surface area contributed by atoms with Crippen molar-refractivity contribution in [3.05, 3.63) is 38.9 Å². The average molecular weight is 351 g/mol. The smallest absolute Gasteiger partial charge is 0.348 e. The quantitative estimate of drug-likeness (QED) is 0.677. The first kappa shape index (κ1) is 14.3. The highest BCUT2D eigenvalue weighted by molar-refractivity contribution is 9.10. The summed E-state index contributed by atoms with van der Waals surface area (Å²) in [6, 6.07) is 5.77. The van der Waals surface area contributed by atoms with E-state index in [9.17, 15) is 4.79 Å². The fraction of sp³-hybridized carbons (Fsp3) is 0.333. The van der Waals surface area contributed by atoms with E-state index in [1.807, 2.05) is 18.2 Å². The van der Waals surface area contributed by atoms with Crippen LogP contribution in [0.25, 0.3) is 22.1 Å². The third-order valence-electron chi connectivity index (χ3n) is 3.45. The molecule has 0 unspecified atom stereocenters. The Morgan fingerprint density at radius 3 is 3.00 bits per heavy atom. The molecule has 0 saturated carbocycles. The van der Waals surface area contributed by atoms with Crippen molar-refractivity contribution in [2.24, 2.45) is 0 Å². The van der Waals surface area contributed by atoms with Crippen LogP contribution in [0.2, 0.25) is 0 Å². The van der Waals surface area contributed by atoms with Gasteiger partial charge in [-0.3, -0.25) is 4.57 Å². The largest absolute Gasteiger partial charge is 0.453 e. The van der Waals surface area contributed by atoms with Crippen molar-refractivity contribution in [2.45, 2.75) is 19.9 Å². The zero-order valence-corrected chi connectivity index (χ0v) is 13.4. The van der Waals surface area contributed by atoms with E-state index in [1.54, 1.807) is 18.6 Å². The van der Waals surface area contributed by atoms with Gasteiger partial charge >= 0.3 is 5.69 Å². The van der Waals surface area contributed by atoms with Crippen molar-refractivity contribution >= 4 is 38.0 Å². The van der Waals surface area contributed by atoms with E-state index in [-0.39, 0.29) is 5.69 Å². The Morgan fingerprint density at radius 2 is 2.24 bits per heavy atom. The van der Waals surface area contributed by atoms with Crippen LogP contribution in [0, 0.1) is 6.92 Å². The molecule has 0 atom stereocenters. The van der Waals surface area contributed by atoms with Crippen LogP contribution < -0.4 is 5.69 Å². The monoisotopic (exact) mass is 350 g/mol. The topological polar surface area (TPSA) is 57.3 Å². The number of hydrogen-bond donors (Lipinski definition) is 0. The number of aromatic nitrogens is 2. The number of rotatable bonds is 4. The first-order valence-electron chi connectivity index (χ1n) is 6.70. The molecule has 3 rings (SSSR count). The zero-order valence-electron chi connectivity index (χ0n) is 11.9. The maximum Gasteiger partial charge on any atom is 0.348 e. The zero-order chi connectivity index (χ0) is 15.0. The van der Waals surface area contributed by atoms with Gasteiger partial charge < -0.3 is 9.15 Å². The Balaban J connectivity index is 2.31. The van der Waals surface area contributed by atoms with Crippen LogP contribution in [-0.4, -0.2) is 23.3 Å². The Morgan fingerprint density at radius 1 is 1.43 bits per heavy atom. The van der Waals surface area contributed by atoms with E-state index in [4.69, 9.17) is 9.15 Å². The maximum absolute atomic E-state index is 12.2. The molecule has 21 heavy (non-hydrogen) atoms. The molecule has 0 N–H and O–H groups in total. The molecule has 0 aliphatic heterocycles. The fourth-order valence-corrected chi connectivity index (χ4v) is 2.86. The first-order chi connectivity index (χ1) is 10.1. The number of hydrogen-bond acceptors (Lipinski definition) is 4. The second-order valence-corrected chi connectivity index (χ2v) is 5.81. The third kappa shape index (κ3) is 2.49. The van der Waals surface area contributed by atoms with Crippen molar-refractivity contribution < 1.29 is 9.15 Å². The Bertz CT molecular complexity index is 867. The summed E-state index contributed by atoms with van der Waals surface area (Å²) in [7, 11) is 1.65.